The fourth-order valence-corrected chi connectivity index (χ4v) is 9.62. The molecule has 270 valence electrons. The van der Waals surface area contributed by atoms with Crippen molar-refractivity contribution in [1.82, 2.24) is 9.13 Å². The molecular weight excluding hydrogens is 709 g/mol. The van der Waals surface area contributed by atoms with Gasteiger partial charge in [0.2, 0.25) is 0 Å². The fraction of sp³-hybridized carbons (Fsp3) is 0.0370. The summed E-state index contributed by atoms with van der Waals surface area (Å²) in [6.45, 7) is 0. The smallest absolute Gasteiger partial charge is 0.0541 e. The molecule has 2 nitrogen and oxygen atoms in total. The Morgan fingerprint density at radius 1 is 0.351 bits per heavy atom. The highest BCUT2D eigenvalue weighted by Crippen LogP contribution is 2.40. The molecule has 11 rings (SSSR count). The van der Waals surface area contributed by atoms with E-state index in [1.807, 2.05) is 11.8 Å². The molecule has 57 heavy (non-hydrogen) atoms. The van der Waals surface area contributed by atoms with Gasteiger partial charge in [-0.3, -0.25) is 0 Å². The average molecular weight is 747 g/mol. The maximum atomic E-state index is 2.41. The first-order valence-corrected chi connectivity index (χ1v) is 20.7. The molecule has 0 aliphatic carbocycles. The maximum absolute atomic E-state index is 2.41. The summed E-state index contributed by atoms with van der Waals surface area (Å²) >= 11 is 1.92. The highest BCUT2D eigenvalue weighted by molar-refractivity contribution is 7.99. The van der Waals surface area contributed by atoms with E-state index in [-0.39, 0.29) is 0 Å². The molecule has 0 N–H and O–H groups in total. The second-order valence-electron chi connectivity index (χ2n) is 14.8. The molecule has 2 aromatic heterocycles. The summed E-state index contributed by atoms with van der Waals surface area (Å²) in [5, 5.41) is 5.02. The van der Waals surface area contributed by atoms with Crippen molar-refractivity contribution in [2.24, 2.45) is 0 Å². The van der Waals surface area contributed by atoms with Gasteiger partial charge in [0.15, 0.2) is 0 Å². The first-order chi connectivity index (χ1) is 28.3. The number of thioether (sulfide) groups is 1. The largest absolute Gasteiger partial charge is 0.309 e. The summed E-state index contributed by atoms with van der Waals surface area (Å²) in [5.74, 6) is 0.974. The average Bonchev–Trinajstić information content (AvgIpc) is 3.82. The molecule has 0 amide bonds. The van der Waals surface area contributed by atoms with Crippen LogP contribution in [0.15, 0.2) is 211 Å². The number of nitrogens with zero attached hydrogens (tertiary/aromatic N) is 2. The molecule has 1 aliphatic rings. The number of aromatic nitrogens is 2. The van der Waals surface area contributed by atoms with Gasteiger partial charge >= 0.3 is 0 Å². The monoisotopic (exact) mass is 746 g/mol. The van der Waals surface area contributed by atoms with Crippen molar-refractivity contribution in [2.75, 3.05) is 5.75 Å². The number of hydrogen-bond acceptors (Lipinski definition) is 1. The molecular formula is C54H38N2S. The van der Waals surface area contributed by atoms with Gasteiger partial charge in [-0.15, -0.1) is 11.8 Å². The van der Waals surface area contributed by atoms with E-state index in [2.05, 4.69) is 215 Å². The van der Waals surface area contributed by atoms with Crippen molar-refractivity contribution < 1.29 is 0 Å². The minimum Gasteiger partial charge on any atom is -0.309 e. The number of para-hydroxylation sites is 2. The number of hydrogen-bond donors (Lipinski definition) is 0. The maximum Gasteiger partial charge on any atom is 0.0541 e. The summed E-state index contributed by atoms with van der Waals surface area (Å²) in [6.07, 6.45) is 9.77. The van der Waals surface area contributed by atoms with Gasteiger partial charge in [0, 0.05) is 43.6 Å². The van der Waals surface area contributed by atoms with Crippen molar-refractivity contribution in [2.45, 2.75) is 11.3 Å². The predicted molar refractivity (Wildman–Crippen MR) is 244 cm³/mol. The Labute approximate surface area is 336 Å². The number of allylic oxidation sites excluding steroid dienone is 3. The summed E-state index contributed by atoms with van der Waals surface area (Å²) in [7, 11) is 0. The number of benzene rings is 8. The summed E-state index contributed by atoms with van der Waals surface area (Å²) in [6, 6.07) is 67.1. The second-order valence-corrected chi connectivity index (χ2v) is 15.9. The highest BCUT2D eigenvalue weighted by Gasteiger charge is 2.17. The molecule has 10 aromatic rings. The van der Waals surface area contributed by atoms with Crippen LogP contribution >= 0.6 is 11.8 Å². The highest BCUT2D eigenvalue weighted by atomic mass is 32.2. The van der Waals surface area contributed by atoms with Crippen LogP contribution in [0.1, 0.15) is 5.56 Å². The Balaban J connectivity index is 1.05. The Morgan fingerprint density at radius 3 is 1.49 bits per heavy atom. The fourth-order valence-electron chi connectivity index (χ4n) is 8.68. The molecule has 8 aromatic carbocycles. The summed E-state index contributed by atoms with van der Waals surface area (Å²) < 4.78 is 4.82. The molecule has 1 aliphatic heterocycles. The first kappa shape index (κ1) is 33.5. The number of rotatable bonds is 5. The van der Waals surface area contributed by atoms with E-state index in [0.29, 0.717) is 0 Å². The minimum atomic E-state index is 0.952. The standard InChI is InChI=1S/C54H38N2S/c1-2-12-32-57-54-36-43(21-20-39(54)15-5-1)42-26-31-53-49(35-42)48-34-41(25-30-52(48)55(53)44-16-8-4-9-17-44)40-24-29-51-47(33-40)46-18-10-11-19-50(46)56(51)45-27-22-38(23-28-45)37-13-6-3-7-14-37/h1-14,16-31,33-36H,15,32H2. The van der Waals surface area contributed by atoms with E-state index in [0.717, 1.165) is 17.9 Å². The van der Waals surface area contributed by atoms with Crippen LogP contribution in [0.4, 0.5) is 0 Å². The quantitative estimate of drug-likeness (QED) is 0.170. The van der Waals surface area contributed by atoms with E-state index in [9.17, 15) is 0 Å². The van der Waals surface area contributed by atoms with Crippen LogP contribution in [0.5, 0.6) is 0 Å². The lowest BCUT2D eigenvalue weighted by Crippen LogP contribution is -1.94. The van der Waals surface area contributed by atoms with Gasteiger partial charge < -0.3 is 9.13 Å². The first-order valence-electron chi connectivity index (χ1n) is 19.7. The Hall–Kier alpha value is -6.81. The Bertz CT molecular complexity index is 3180. The molecule has 0 bridgehead atoms. The van der Waals surface area contributed by atoms with E-state index in [1.165, 1.54) is 93.1 Å². The van der Waals surface area contributed by atoms with E-state index in [4.69, 9.17) is 0 Å². The van der Waals surface area contributed by atoms with E-state index in [1.54, 1.807) is 0 Å². The Morgan fingerprint density at radius 2 is 0.825 bits per heavy atom. The predicted octanol–water partition coefficient (Wildman–Crippen LogP) is 14.6. The zero-order chi connectivity index (χ0) is 37.7. The minimum absolute atomic E-state index is 0.952. The Kier molecular flexibility index (Phi) is 8.26. The molecule has 0 saturated heterocycles. The van der Waals surface area contributed by atoms with Crippen molar-refractivity contribution in [3.8, 4) is 44.8 Å². The van der Waals surface area contributed by atoms with Gasteiger partial charge in [-0.2, -0.15) is 0 Å². The second kappa shape index (κ2) is 14.0. The van der Waals surface area contributed by atoms with Gasteiger partial charge in [0.1, 0.15) is 0 Å². The van der Waals surface area contributed by atoms with Crippen LogP contribution in [-0.4, -0.2) is 14.9 Å². The normalized spacial score (nSPS) is 12.9. The molecule has 3 heteroatoms. The molecule has 0 radical (unpaired) electrons. The van der Waals surface area contributed by atoms with Gasteiger partial charge in [-0.05, 0) is 118 Å². The van der Waals surface area contributed by atoms with Crippen LogP contribution in [0, 0.1) is 0 Å². The van der Waals surface area contributed by atoms with Crippen LogP contribution in [0.2, 0.25) is 0 Å². The van der Waals surface area contributed by atoms with Crippen molar-refractivity contribution in [3.63, 3.8) is 0 Å². The van der Waals surface area contributed by atoms with Crippen molar-refractivity contribution >= 4 is 55.4 Å². The number of fused-ring (bicyclic) bond motifs is 7. The lowest BCUT2D eigenvalue weighted by molar-refractivity contribution is 1.18. The van der Waals surface area contributed by atoms with Crippen molar-refractivity contribution in [3.05, 3.63) is 212 Å². The lowest BCUT2D eigenvalue weighted by Gasteiger charge is -2.11. The van der Waals surface area contributed by atoms with Gasteiger partial charge in [0.05, 0.1) is 22.1 Å². The van der Waals surface area contributed by atoms with Crippen molar-refractivity contribution in [1.29, 1.82) is 0 Å². The molecule has 0 unspecified atom stereocenters. The van der Waals surface area contributed by atoms with E-state index < -0.39 is 0 Å². The SMILES string of the molecule is C1=CCSc2cc(-c3ccc4c(c3)c3cc(-c5ccc6c(c5)c5ccccc5n6-c5ccc(-c6ccccc6)cc5)ccc3n4-c3ccccc3)ccc2CC=C1. The molecule has 0 atom stereocenters. The topological polar surface area (TPSA) is 9.86 Å². The third kappa shape index (κ3) is 5.91. The van der Waals surface area contributed by atoms with Gasteiger partial charge in [-0.25, -0.2) is 0 Å². The zero-order valence-electron chi connectivity index (χ0n) is 31.3. The van der Waals surface area contributed by atoms with Crippen LogP contribution in [-0.2, 0) is 6.42 Å². The zero-order valence-corrected chi connectivity index (χ0v) is 32.2. The van der Waals surface area contributed by atoms with Crippen LogP contribution < -0.4 is 0 Å². The third-order valence-electron chi connectivity index (χ3n) is 11.5. The van der Waals surface area contributed by atoms with Gasteiger partial charge in [-0.1, -0.05) is 133 Å². The molecule has 0 spiro atoms. The van der Waals surface area contributed by atoms with Gasteiger partial charge in [0.25, 0.3) is 0 Å². The third-order valence-corrected chi connectivity index (χ3v) is 12.5. The van der Waals surface area contributed by atoms with E-state index >= 15 is 0 Å². The molecule has 0 saturated carbocycles. The molecule has 0 fully saturated rings. The lowest BCUT2D eigenvalue weighted by atomic mass is 9.98. The summed E-state index contributed by atoms with van der Waals surface area (Å²) in [4.78, 5) is 1.36. The summed E-state index contributed by atoms with van der Waals surface area (Å²) in [5.41, 5.74) is 15.9. The van der Waals surface area contributed by atoms with Crippen LogP contribution in [0.25, 0.3) is 88.4 Å². The molecule has 3 heterocycles. The van der Waals surface area contributed by atoms with Crippen LogP contribution in [0.3, 0.4) is 0 Å².